The van der Waals surface area contributed by atoms with E-state index in [0.717, 1.165) is 44.9 Å². The fourth-order valence-corrected chi connectivity index (χ4v) is 8.37. The number of hydrogen-bond donors (Lipinski definition) is 3. The van der Waals surface area contributed by atoms with Crippen molar-refractivity contribution in [2.24, 2.45) is 34.5 Å². The van der Waals surface area contributed by atoms with Gasteiger partial charge in [-0.25, -0.2) is 0 Å². The van der Waals surface area contributed by atoms with Gasteiger partial charge in [-0.3, -0.25) is 4.79 Å². The van der Waals surface area contributed by atoms with E-state index in [0.29, 0.717) is 24.2 Å². The second kappa shape index (κ2) is 6.68. The first-order valence-electron chi connectivity index (χ1n) is 11.3. The Labute approximate surface area is 168 Å². The van der Waals surface area contributed by atoms with Crippen molar-refractivity contribution in [3.05, 3.63) is 0 Å². The summed E-state index contributed by atoms with van der Waals surface area (Å²) in [6.45, 7) is 7.66. The molecule has 4 fully saturated rings. The normalized spacial score (nSPS) is 54.2. The molecule has 5 heteroatoms. The zero-order chi connectivity index (χ0) is 20.5. The van der Waals surface area contributed by atoms with E-state index in [1.807, 2.05) is 0 Å². The van der Waals surface area contributed by atoms with E-state index in [-0.39, 0.29) is 23.4 Å². The third-order valence-corrected chi connectivity index (χ3v) is 9.88. The van der Waals surface area contributed by atoms with Crippen molar-refractivity contribution >= 4 is 5.97 Å². The average molecular weight is 395 g/mol. The van der Waals surface area contributed by atoms with Crippen LogP contribution < -0.4 is 0 Å². The van der Waals surface area contributed by atoms with Crippen molar-refractivity contribution in [2.75, 3.05) is 0 Å². The SMILES string of the molecule is CC(=O)O[C@@H]1CC[C@@]2(C)[C@@H](CC[C@H]3[C@H]2CC[C@@]2(C)[C@@H]3C[C@@H](O)[C@]2(O)[C@H](C)O)C1. The molecule has 0 saturated heterocycles. The van der Waals surface area contributed by atoms with Crippen molar-refractivity contribution in [3.8, 4) is 0 Å². The van der Waals surface area contributed by atoms with Crippen LogP contribution in [0.3, 0.4) is 0 Å². The minimum Gasteiger partial charge on any atom is -0.463 e. The molecule has 4 aliphatic carbocycles. The molecule has 0 unspecified atom stereocenters. The van der Waals surface area contributed by atoms with Gasteiger partial charge in [0, 0.05) is 12.3 Å². The van der Waals surface area contributed by atoms with Gasteiger partial charge >= 0.3 is 5.97 Å². The second-order valence-electron chi connectivity index (χ2n) is 10.9. The number of aliphatic hydroxyl groups is 3. The zero-order valence-corrected chi connectivity index (χ0v) is 17.9. The first kappa shape index (κ1) is 20.6. The van der Waals surface area contributed by atoms with E-state index < -0.39 is 23.2 Å². The van der Waals surface area contributed by atoms with Gasteiger partial charge in [0.05, 0.1) is 12.2 Å². The predicted octanol–water partition coefficient (Wildman–Crippen LogP) is 3.04. The summed E-state index contributed by atoms with van der Waals surface area (Å²) < 4.78 is 5.54. The molecule has 10 atom stereocenters. The van der Waals surface area contributed by atoms with E-state index in [4.69, 9.17) is 4.74 Å². The maximum Gasteiger partial charge on any atom is 0.302 e. The zero-order valence-electron chi connectivity index (χ0n) is 17.9. The molecule has 4 saturated carbocycles. The molecule has 0 radical (unpaired) electrons. The van der Waals surface area contributed by atoms with E-state index in [1.165, 1.54) is 6.92 Å². The van der Waals surface area contributed by atoms with E-state index in [1.54, 1.807) is 6.92 Å². The Morgan fingerprint density at radius 2 is 1.79 bits per heavy atom. The molecule has 0 amide bonds. The van der Waals surface area contributed by atoms with Gasteiger partial charge in [-0.15, -0.1) is 0 Å². The number of fused-ring (bicyclic) bond motifs is 5. The highest BCUT2D eigenvalue weighted by molar-refractivity contribution is 5.66. The molecule has 5 nitrogen and oxygen atoms in total. The van der Waals surface area contributed by atoms with Crippen LogP contribution in [0, 0.1) is 34.5 Å². The van der Waals surface area contributed by atoms with Crippen LogP contribution in [0.1, 0.15) is 79.1 Å². The van der Waals surface area contributed by atoms with Crippen molar-refractivity contribution in [1.82, 2.24) is 0 Å². The van der Waals surface area contributed by atoms with Crippen molar-refractivity contribution < 1.29 is 24.9 Å². The van der Waals surface area contributed by atoms with Crippen LogP contribution >= 0.6 is 0 Å². The minimum atomic E-state index is -1.41. The molecule has 160 valence electrons. The number of rotatable bonds is 2. The molecular formula is C23H38O5. The first-order valence-corrected chi connectivity index (χ1v) is 11.3. The molecule has 0 aliphatic heterocycles. The number of carbonyl (C=O) groups is 1. The highest BCUT2D eigenvalue weighted by Crippen LogP contribution is 2.68. The summed E-state index contributed by atoms with van der Waals surface area (Å²) in [6, 6.07) is 0. The third-order valence-electron chi connectivity index (χ3n) is 9.88. The molecule has 4 rings (SSSR count). The molecule has 0 aromatic rings. The van der Waals surface area contributed by atoms with Gasteiger partial charge in [-0.2, -0.15) is 0 Å². The minimum absolute atomic E-state index is 0.0645. The molecule has 0 aromatic carbocycles. The number of esters is 1. The van der Waals surface area contributed by atoms with Crippen LogP contribution in [0.2, 0.25) is 0 Å². The van der Waals surface area contributed by atoms with Crippen LogP contribution in [0.25, 0.3) is 0 Å². The maximum absolute atomic E-state index is 11.4. The number of aliphatic hydroxyl groups excluding tert-OH is 2. The Morgan fingerprint density at radius 3 is 2.43 bits per heavy atom. The highest BCUT2D eigenvalue weighted by Gasteiger charge is 2.69. The van der Waals surface area contributed by atoms with Gasteiger partial charge < -0.3 is 20.1 Å². The molecule has 3 N–H and O–H groups in total. The summed E-state index contributed by atoms with van der Waals surface area (Å²) in [4.78, 5) is 11.4. The summed E-state index contributed by atoms with van der Waals surface area (Å²) >= 11 is 0. The lowest BCUT2D eigenvalue weighted by Crippen LogP contribution is -2.61. The molecule has 0 spiro atoms. The number of ether oxygens (including phenoxy) is 1. The molecule has 0 heterocycles. The lowest BCUT2D eigenvalue weighted by atomic mass is 9.44. The lowest BCUT2D eigenvalue weighted by molar-refractivity contribution is -0.209. The van der Waals surface area contributed by atoms with Gasteiger partial charge in [-0.1, -0.05) is 13.8 Å². The van der Waals surface area contributed by atoms with E-state index in [2.05, 4.69) is 13.8 Å². The summed E-state index contributed by atoms with van der Waals surface area (Å²) in [5.74, 6) is 1.75. The van der Waals surface area contributed by atoms with Crippen LogP contribution in [0.15, 0.2) is 0 Å². The molecular weight excluding hydrogens is 356 g/mol. The Morgan fingerprint density at radius 1 is 1.07 bits per heavy atom. The third kappa shape index (κ3) is 2.65. The van der Waals surface area contributed by atoms with Crippen molar-refractivity contribution in [2.45, 2.75) is 103 Å². The number of hydrogen-bond acceptors (Lipinski definition) is 5. The van der Waals surface area contributed by atoms with Gasteiger partial charge in [0.15, 0.2) is 0 Å². The molecule has 4 aliphatic rings. The van der Waals surface area contributed by atoms with Crippen LogP contribution in [-0.4, -0.2) is 45.2 Å². The van der Waals surface area contributed by atoms with E-state index in [9.17, 15) is 20.1 Å². The Balaban J connectivity index is 1.58. The van der Waals surface area contributed by atoms with Crippen molar-refractivity contribution in [3.63, 3.8) is 0 Å². The molecule has 0 bridgehead atoms. The van der Waals surface area contributed by atoms with Crippen LogP contribution in [0.5, 0.6) is 0 Å². The fourth-order valence-electron chi connectivity index (χ4n) is 8.37. The fraction of sp³-hybridized carbons (Fsp3) is 0.957. The average Bonchev–Trinajstić information content (AvgIpc) is 2.83. The van der Waals surface area contributed by atoms with Crippen LogP contribution in [0.4, 0.5) is 0 Å². The van der Waals surface area contributed by atoms with Crippen molar-refractivity contribution in [1.29, 1.82) is 0 Å². The predicted molar refractivity (Wildman–Crippen MR) is 105 cm³/mol. The quantitative estimate of drug-likeness (QED) is 0.627. The van der Waals surface area contributed by atoms with Gasteiger partial charge in [-0.05, 0) is 87.4 Å². The monoisotopic (exact) mass is 394 g/mol. The summed E-state index contributed by atoms with van der Waals surface area (Å²) in [5, 5.41) is 32.5. The van der Waals surface area contributed by atoms with Crippen LogP contribution in [-0.2, 0) is 9.53 Å². The van der Waals surface area contributed by atoms with Gasteiger partial charge in [0.1, 0.15) is 11.7 Å². The largest absolute Gasteiger partial charge is 0.463 e. The summed E-state index contributed by atoms with van der Waals surface area (Å²) in [5.41, 5.74) is -1.59. The highest BCUT2D eigenvalue weighted by atomic mass is 16.5. The summed E-state index contributed by atoms with van der Waals surface area (Å²) in [6.07, 6.45) is 6.02. The standard InChI is InChI=1S/C23H38O5/c1-13(24)23(27)20(26)12-19-17-6-5-15-11-16(28-14(2)25)7-9-21(15,3)18(17)8-10-22(19,23)4/h13,15-20,24,26-27H,5-12H2,1-4H3/t13-,15-,16+,17-,18+,19+,20+,21-,22-,23+/m0/s1. The first-order chi connectivity index (χ1) is 13.0. The Hall–Kier alpha value is -0.650. The lowest BCUT2D eigenvalue weighted by Gasteiger charge is -2.61. The Kier molecular flexibility index (Phi) is 4.92. The molecule has 28 heavy (non-hydrogen) atoms. The smallest absolute Gasteiger partial charge is 0.302 e. The van der Waals surface area contributed by atoms with Gasteiger partial charge in [0.2, 0.25) is 0 Å². The number of carbonyl (C=O) groups excluding carboxylic acids is 1. The topological polar surface area (TPSA) is 87.0 Å². The van der Waals surface area contributed by atoms with Gasteiger partial charge in [0.25, 0.3) is 0 Å². The second-order valence-corrected chi connectivity index (χ2v) is 10.9. The molecule has 0 aromatic heterocycles. The Bertz CT molecular complexity index is 634. The van der Waals surface area contributed by atoms with E-state index >= 15 is 0 Å². The summed E-state index contributed by atoms with van der Waals surface area (Å²) in [7, 11) is 0. The maximum atomic E-state index is 11.4.